The quantitative estimate of drug-likeness (QED) is 0.407. The van der Waals surface area contributed by atoms with E-state index in [2.05, 4.69) is 14.8 Å². The van der Waals surface area contributed by atoms with Gasteiger partial charge in [0.25, 0.3) is 0 Å². The van der Waals surface area contributed by atoms with E-state index < -0.39 is 0 Å². The second kappa shape index (κ2) is 8.54. The zero-order chi connectivity index (χ0) is 25.1. The fourth-order valence-corrected chi connectivity index (χ4v) is 6.19. The maximum absolute atomic E-state index is 15.0. The minimum Gasteiger partial charge on any atom is -0.345 e. The predicted octanol–water partition coefficient (Wildman–Crippen LogP) is 4.52. The Morgan fingerprint density at radius 1 is 0.946 bits per heavy atom. The molecular formula is C28H27FN6O2. The molecule has 0 N–H and O–H groups in total. The Labute approximate surface area is 213 Å². The van der Waals surface area contributed by atoms with Gasteiger partial charge in [-0.1, -0.05) is 6.07 Å². The topological polar surface area (TPSA) is 75.7 Å². The number of Topliss-reactive ketones (excluding diaryl/α,β-unsaturated/α-hetero) is 1. The molecule has 0 radical (unpaired) electrons. The summed E-state index contributed by atoms with van der Waals surface area (Å²) in [7, 11) is 0. The van der Waals surface area contributed by atoms with Crippen molar-refractivity contribution in [1.29, 1.82) is 0 Å². The summed E-state index contributed by atoms with van der Waals surface area (Å²) < 4.78 is 19.0. The number of ketones is 1. The standard InChI is InChI=1S/C28H27FN6O2/c29-19-14-18-16-34(28(37)32-9-3-1-4-10-32)13-12-33-17-22(21(15-19)26(18)33)25-20(7-8-23(25)36)27-31-30-24-6-2-5-11-35(24)27/h2,5-6,11,14-15,17H,1,3-4,7-10,12-13,16H2. The van der Waals surface area contributed by atoms with Gasteiger partial charge in [0.05, 0.1) is 5.52 Å². The van der Waals surface area contributed by atoms with Gasteiger partial charge in [0.2, 0.25) is 0 Å². The number of fused-ring (bicyclic) bond motifs is 1. The highest BCUT2D eigenvalue weighted by Gasteiger charge is 2.32. The molecule has 3 aromatic heterocycles. The van der Waals surface area contributed by atoms with Crippen molar-refractivity contribution in [1.82, 2.24) is 29.0 Å². The van der Waals surface area contributed by atoms with Crippen LogP contribution in [0.2, 0.25) is 0 Å². The number of piperidine rings is 1. The number of hydrogen-bond donors (Lipinski definition) is 0. The molecule has 0 saturated carbocycles. The third kappa shape index (κ3) is 3.55. The second-order valence-corrected chi connectivity index (χ2v) is 10.2. The molecule has 1 aromatic carbocycles. The molecule has 5 heterocycles. The average Bonchev–Trinajstić information content (AvgIpc) is 3.57. The lowest BCUT2D eigenvalue weighted by Crippen LogP contribution is -2.45. The number of halogens is 1. The Morgan fingerprint density at radius 2 is 1.81 bits per heavy atom. The molecule has 2 amide bonds. The van der Waals surface area contributed by atoms with Gasteiger partial charge in [0, 0.05) is 73.6 Å². The predicted molar refractivity (Wildman–Crippen MR) is 137 cm³/mol. The Bertz CT molecular complexity index is 1610. The summed E-state index contributed by atoms with van der Waals surface area (Å²) in [6.45, 7) is 3.02. The van der Waals surface area contributed by atoms with Crippen LogP contribution in [0.5, 0.6) is 0 Å². The fraction of sp³-hybridized carbons (Fsp3) is 0.357. The first-order chi connectivity index (χ1) is 18.1. The van der Waals surface area contributed by atoms with Gasteiger partial charge in [-0.15, -0.1) is 10.2 Å². The smallest absolute Gasteiger partial charge is 0.320 e. The van der Waals surface area contributed by atoms with Crippen LogP contribution in [-0.4, -0.2) is 60.4 Å². The van der Waals surface area contributed by atoms with Gasteiger partial charge in [0.15, 0.2) is 17.3 Å². The van der Waals surface area contributed by atoms with Crippen LogP contribution in [0, 0.1) is 5.82 Å². The van der Waals surface area contributed by atoms with Crippen molar-refractivity contribution >= 4 is 39.5 Å². The number of carbonyl (C=O) groups is 2. The van der Waals surface area contributed by atoms with Crippen molar-refractivity contribution in [2.75, 3.05) is 19.6 Å². The lowest BCUT2D eigenvalue weighted by Gasteiger charge is -2.32. The summed E-state index contributed by atoms with van der Waals surface area (Å²) in [5.41, 5.74) is 4.55. The van der Waals surface area contributed by atoms with Crippen molar-refractivity contribution in [3.8, 4) is 0 Å². The molecule has 2 aliphatic heterocycles. The molecular weight excluding hydrogens is 471 g/mol. The van der Waals surface area contributed by atoms with E-state index in [-0.39, 0.29) is 17.6 Å². The van der Waals surface area contributed by atoms with Crippen LogP contribution in [-0.2, 0) is 17.9 Å². The zero-order valence-corrected chi connectivity index (χ0v) is 20.5. The summed E-state index contributed by atoms with van der Waals surface area (Å²) in [6.07, 6.45) is 8.02. The fourth-order valence-electron chi connectivity index (χ4n) is 6.19. The highest BCUT2D eigenvalue weighted by atomic mass is 19.1. The van der Waals surface area contributed by atoms with Gasteiger partial charge in [-0.3, -0.25) is 9.20 Å². The molecule has 8 nitrogen and oxygen atoms in total. The van der Waals surface area contributed by atoms with E-state index in [4.69, 9.17) is 0 Å². The average molecular weight is 499 g/mol. The summed E-state index contributed by atoms with van der Waals surface area (Å²) in [6, 6.07) is 8.76. The largest absolute Gasteiger partial charge is 0.345 e. The molecule has 1 fully saturated rings. The van der Waals surface area contributed by atoms with Crippen LogP contribution in [0.1, 0.15) is 49.1 Å². The Hall–Kier alpha value is -4.01. The third-order valence-electron chi connectivity index (χ3n) is 7.92. The summed E-state index contributed by atoms with van der Waals surface area (Å²) >= 11 is 0. The number of urea groups is 1. The van der Waals surface area contributed by atoms with Gasteiger partial charge >= 0.3 is 6.03 Å². The van der Waals surface area contributed by atoms with Gasteiger partial charge in [0.1, 0.15) is 5.82 Å². The number of allylic oxidation sites excluding steroid dienone is 2. The van der Waals surface area contributed by atoms with Crippen LogP contribution < -0.4 is 0 Å². The molecule has 7 rings (SSSR count). The third-order valence-corrected chi connectivity index (χ3v) is 7.92. The molecule has 0 atom stereocenters. The maximum atomic E-state index is 15.0. The van der Waals surface area contributed by atoms with Gasteiger partial charge in [-0.25, -0.2) is 9.18 Å². The molecule has 1 saturated heterocycles. The monoisotopic (exact) mass is 498 g/mol. The van der Waals surface area contributed by atoms with Crippen molar-refractivity contribution in [2.45, 2.75) is 45.2 Å². The molecule has 0 spiro atoms. The second-order valence-electron chi connectivity index (χ2n) is 10.2. The molecule has 37 heavy (non-hydrogen) atoms. The number of nitrogens with zero attached hydrogens (tertiary/aromatic N) is 6. The Balaban J connectivity index is 1.34. The molecule has 0 unspecified atom stereocenters. The van der Waals surface area contributed by atoms with Crippen molar-refractivity contribution in [3.63, 3.8) is 0 Å². The maximum Gasteiger partial charge on any atom is 0.320 e. The van der Waals surface area contributed by atoms with Crippen LogP contribution >= 0.6 is 0 Å². The van der Waals surface area contributed by atoms with Crippen molar-refractivity contribution in [2.24, 2.45) is 0 Å². The van der Waals surface area contributed by atoms with E-state index in [1.54, 1.807) is 0 Å². The highest BCUT2D eigenvalue weighted by Crippen LogP contribution is 2.41. The number of rotatable bonds is 2. The first-order valence-corrected chi connectivity index (χ1v) is 13.0. The van der Waals surface area contributed by atoms with E-state index in [9.17, 15) is 9.59 Å². The van der Waals surface area contributed by atoms with E-state index in [1.165, 1.54) is 12.1 Å². The molecule has 3 aliphatic rings. The molecule has 9 heteroatoms. The number of benzene rings is 1. The zero-order valence-electron chi connectivity index (χ0n) is 20.5. The first-order valence-electron chi connectivity index (χ1n) is 13.0. The van der Waals surface area contributed by atoms with E-state index in [0.29, 0.717) is 54.9 Å². The normalized spacial score (nSPS) is 18.4. The number of likely N-dealkylation sites (tertiary alicyclic amines) is 1. The van der Waals surface area contributed by atoms with Crippen LogP contribution in [0.4, 0.5) is 9.18 Å². The minimum atomic E-state index is -0.366. The molecule has 0 bridgehead atoms. The van der Waals surface area contributed by atoms with Crippen molar-refractivity contribution < 1.29 is 14.0 Å². The molecule has 1 aliphatic carbocycles. The Kier molecular flexibility index (Phi) is 5.12. The van der Waals surface area contributed by atoms with E-state index in [0.717, 1.165) is 54.6 Å². The summed E-state index contributed by atoms with van der Waals surface area (Å²) in [4.78, 5) is 30.3. The minimum absolute atomic E-state index is 0.0257. The molecule has 4 aromatic rings. The highest BCUT2D eigenvalue weighted by molar-refractivity contribution is 6.33. The van der Waals surface area contributed by atoms with E-state index in [1.807, 2.05) is 44.8 Å². The lowest BCUT2D eigenvalue weighted by molar-refractivity contribution is -0.113. The Morgan fingerprint density at radius 3 is 2.68 bits per heavy atom. The van der Waals surface area contributed by atoms with Crippen LogP contribution in [0.15, 0.2) is 42.7 Å². The van der Waals surface area contributed by atoms with Gasteiger partial charge in [-0.05, 0) is 55.5 Å². The number of pyridine rings is 1. The summed E-state index contributed by atoms with van der Waals surface area (Å²) in [5, 5.41) is 9.39. The molecule has 188 valence electrons. The number of aromatic nitrogens is 4. The van der Waals surface area contributed by atoms with E-state index >= 15 is 4.39 Å². The van der Waals surface area contributed by atoms with Crippen LogP contribution in [0.3, 0.4) is 0 Å². The van der Waals surface area contributed by atoms with Gasteiger partial charge < -0.3 is 14.4 Å². The van der Waals surface area contributed by atoms with Gasteiger partial charge in [-0.2, -0.15) is 0 Å². The van der Waals surface area contributed by atoms with Crippen molar-refractivity contribution in [3.05, 3.63) is 65.5 Å². The number of carbonyl (C=O) groups excluding carboxylic acids is 2. The first kappa shape index (κ1) is 22.2. The summed E-state index contributed by atoms with van der Waals surface area (Å²) in [5.74, 6) is 0.320. The lowest BCUT2D eigenvalue weighted by atomic mass is 9.98. The van der Waals surface area contributed by atoms with Crippen LogP contribution in [0.25, 0.3) is 27.7 Å². The number of amides is 2. The SMILES string of the molecule is O=C1CCC(c2nnc3ccccn23)=C1c1cn2c3c(cc(F)cc13)CN(C(=O)N1CCCCC1)CC2. The number of hydrogen-bond acceptors (Lipinski definition) is 4.